The van der Waals surface area contributed by atoms with E-state index in [0.29, 0.717) is 12.5 Å². The lowest BCUT2D eigenvalue weighted by molar-refractivity contribution is 0.0285. The zero-order chi connectivity index (χ0) is 14.8. The number of thiophene rings is 1. The van der Waals surface area contributed by atoms with Gasteiger partial charge in [-0.1, -0.05) is 40.0 Å². The van der Waals surface area contributed by atoms with Gasteiger partial charge in [-0.3, -0.25) is 0 Å². The summed E-state index contributed by atoms with van der Waals surface area (Å²) in [6, 6.07) is 0. The van der Waals surface area contributed by atoms with Crippen LogP contribution in [0, 0.1) is 12.8 Å². The average molecular weight is 298 g/mol. The highest BCUT2D eigenvalue weighted by Crippen LogP contribution is 2.24. The van der Waals surface area contributed by atoms with Crippen LogP contribution >= 0.6 is 11.3 Å². The Hall–Kier alpha value is -0.540. The van der Waals surface area contributed by atoms with Crippen LogP contribution in [0.15, 0.2) is 10.8 Å². The van der Waals surface area contributed by atoms with E-state index < -0.39 is 0 Å². The van der Waals surface area contributed by atoms with Crippen molar-refractivity contribution in [3.63, 3.8) is 0 Å². The Morgan fingerprint density at radius 2 is 1.90 bits per heavy atom. The standard InChI is InChI=1S/C17H30O2S/c1-5-8-9-15(6-2)10-18-11-16(7-3)19-17-13-20-12-14(17)4/h12-13,15-16H,5-11H2,1-4H3. The van der Waals surface area contributed by atoms with Crippen LogP contribution in [0.1, 0.15) is 58.4 Å². The molecular weight excluding hydrogens is 268 g/mol. The van der Waals surface area contributed by atoms with Crippen molar-refractivity contribution in [2.75, 3.05) is 13.2 Å². The third-order valence-corrected chi connectivity index (χ3v) is 4.60. The first-order valence-electron chi connectivity index (χ1n) is 7.98. The Morgan fingerprint density at radius 1 is 1.10 bits per heavy atom. The summed E-state index contributed by atoms with van der Waals surface area (Å²) in [7, 11) is 0. The fourth-order valence-corrected chi connectivity index (χ4v) is 2.90. The number of hydrogen-bond donors (Lipinski definition) is 0. The van der Waals surface area contributed by atoms with Crippen molar-refractivity contribution in [2.45, 2.75) is 65.9 Å². The molecule has 0 bridgehead atoms. The highest BCUT2D eigenvalue weighted by atomic mass is 32.1. The normalized spacial score (nSPS) is 14.2. The molecule has 1 heterocycles. The van der Waals surface area contributed by atoms with Gasteiger partial charge in [-0.05, 0) is 31.1 Å². The van der Waals surface area contributed by atoms with Gasteiger partial charge in [0.2, 0.25) is 0 Å². The van der Waals surface area contributed by atoms with Crippen LogP contribution in [0.4, 0.5) is 0 Å². The summed E-state index contributed by atoms with van der Waals surface area (Å²) in [4.78, 5) is 0. The van der Waals surface area contributed by atoms with Gasteiger partial charge in [0, 0.05) is 17.6 Å². The monoisotopic (exact) mass is 298 g/mol. The largest absolute Gasteiger partial charge is 0.487 e. The van der Waals surface area contributed by atoms with E-state index in [4.69, 9.17) is 9.47 Å². The van der Waals surface area contributed by atoms with Gasteiger partial charge < -0.3 is 9.47 Å². The Bertz CT molecular complexity index is 349. The number of rotatable bonds is 11. The van der Waals surface area contributed by atoms with Crippen LogP contribution in [0.2, 0.25) is 0 Å². The summed E-state index contributed by atoms with van der Waals surface area (Å²) < 4.78 is 11.9. The summed E-state index contributed by atoms with van der Waals surface area (Å²) in [6.07, 6.45) is 6.24. The maximum Gasteiger partial charge on any atom is 0.133 e. The van der Waals surface area contributed by atoms with Crippen LogP contribution in [0.25, 0.3) is 0 Å². The predicted octanol–water partition coefficient (Wildman–Crippen LogP) is 5.45. The Morgan fingerprint density at radius 3 is 2.45 bits per heavy atom. The van der Waals surface area contributed by atoms with Gasteiger partial charge in [-0.25, -0.2) is 0 Å². The number of aryl methyl sites for hydroxylation is 1. The van der Waals surface area contributed by atoms with Gasteiger partial charge in [0.25, 0.3) is 0 Å². The maximum atomic E-state index is 6.02. The summed E-state index contributed by atoms with van der Waals surface area (Å²) in [5.41, 5.74) is 1.22. The molecule has 1 aromatic heterocycles. The molecular formula is C17H30O2S. The quantitative estimate of drug-likeness (QED) is 0.541. The van der Waals surface area contributed by atoms with Gasteiger partial charge in [0.1, 0.15) is 11.9 Å². The summed E-state index contributed by atoms with van der Waals surface area (Å²) in [5, 5.41) is 4.20. The van der Waals surface area contributed by atoms with E-state index in [1.54, 1.807) is 11.3 Å². The first-order chi connectivity index (χ1) is 9.71. The molecule has 2 atom stereocenters. The molecule has 116 valence electrons. The van der Waals surface area contributed by atoms with Crippen molar-refractivity contribution in [3.8, 4) is 5.75 Å². The van der Waals surface area contributed by atoms with Gasteiger partial charge >= 0.3 is 0 Å². The second-order valence-corrected chi connectivity index (χ2v) is 6.26. The van der Waals surface area contributed by atoms with Crippen molar-refractivity contribution in [1.29, 1.82) is 0 Å². The lowest BCUT2D eigenvalue weighted by atomic mass is 10.0. The molecule has 0 saturated carbocycles. The lowest BCUT2D eigenvalue weighted by Crippen LogP contribution is -2.24. The van der Waals surface area contributed by atoms with Crippen LogP contribution in [0.5, 0.6) is 5.75 Å². The first kappa shape index (κ1) is 17.5. The third-order valence-electron chi connectivity index (χ3n) is 3.76. The minimum Gasteiger partial charge on any atom is -0.487 e. The van der Waals surface area contributed by atoms with Gasteiger partial charge in [-0.15, -0.1) is 11.3 Å². The van der Waals surface area contributed by atoms with Crippen molar-refractivity contribution < 1.29 is 9.47 Å². The molecule has 0 aliphatic carbocycles. The van der Waals surface area contributed by atoms with Gasteiger partial charge in [0.05, 0.1) is 6.61 Å². The van der Waals surface area contributed by atoms with Crippen LogP contribution in [-0.4, -0.2) is 19.3 Å². The molecule has 0 aliphatic heterocycles. The van der Waals surface area contributed by atoms with Crippen molar-refractivity contribution in [1.82, 2.24) is 0 Å². The second-order valence-electron chi connectivity index (χ2n) is 5.52. The molecule has 1 aromatic rings. The minimum absolute atomic E-state index is 0.173. The molecule has 0 saturated heterocycles. The second kappa shape index (κ2) is 10.2. The molecule has 0 fully saturated rings. The SMILES string of the molecule is CCCCC(CC)COCC(CC)Oc1cscc1C. The third kappa shape index (κ3) is 6.27. The average Bonchev–Trinajstić information content (AvgIpc) is 2.86. The van der Waals surface area contributed by atoms with E-state index in [9.17, 15) is 0 Å². The maximum absolute atomic E-state index is 6.02. The highest BCUT2D eigenvalue weighted by Gasteiger charge is 2.12. The van der Waals surface area contributed by atoms with E-state index in [1.807, 2.05) is 0 Å². The van der Waals surface area contributed by atoms with E-state index in [1.165, 1.54) is 31.2 Å². The fraction of sp³-hybridized carbons (Fsp3) is 0.765. The zero-order valence-electron chi connectivity index (χ0n) is 13.5. The lowest BCUT2D eigenvalue weighted by Gasteiger charge is -2.20. The topological polar surface area (TPSA) is 18.5 Å². The Labute approximate surface area is 128 Å². The predicted molar refractivity (Wildman–Crippen MR) is 87.9 cm³/mol. The molecule has 0 spiro atoms. The smallest absolute Gasteiger partial charge is 0.133 e. The van der Waals surface area contributed by atoms with Crippen LogP contribution < -0.4 is 4.74 Å². The highest BCUT2D eigenvalue weighted by molar-refractivity contribution is 7.08. The first-order valence-corrected chi connectivity index (χ1v) is 8.92. The van der Waals surface area contributed by atoms with Crippen molar-refractivity contribution in [2.24, 2.45) is 5.92 Å². The number of unbranched alkanes of at least 4 members (excludes halogenated alkanes) is 1. The summed E-state index contributed by atoms with van der Waals surface area (Å²) in [5.74, 6) is 1.72. The molecule has 0 aromatic carbocycles. The summed E-state index contributed by atoms with van der Waals surface area (Å²) >= 11 is 1.69. The minimum atomic E-state index is 0.173. The van der Waals surface area contributed by atoms with E-state index >= 15 is 0 Å². The van der Waals surface area contributed by atoms with Gasteiger partial charge in [-0.2, -0.15) is 0 Å². The zero-order valence-corrected chi connectivity index (χ0v) is 14.3. The van der Waals surface area contributed by atoms with E-state index in [0.717, 1.165) is 18.8 Å². The van der Waals surface area contributed by atoms with E-state index in [-0.39, 0.29) is 6.10 Å². The van der Waals surface area contributed by atoms with Crippen LogP contribution in [0.3, 0.4) is 0 Å². The fourth-order valence-electron chi connectivity index (χ4n) is 2.15. The summed E-state index contributed by atoms with van der Waals surface area (Å²) in [6.45, 7) is 10.3. The molecule has 20 heavy (non-hydrogen) atoms. The molecule has 3 heteroatoms. The number of ether oxygens (including phenoxy) is 2. The molecule has 2 unspecified atom stereocenters. The molecule has 0 aliphatic rings. The van der Waals surface area contributed by atoms with Crippen LogP contribution in [-0.2, 0) is 4.74 Å². The molecule has 0 N–H and O–H groups in total. The molecule has 1 rings (SSSR count). The van der Waals surface area contributed by atoms with Crippen molar-refractivity contribution >= 4 is 11.3 Å². The van der Waals surface area contributed by atoms with Gasteiger partial charge in [0.15, 0.2) is 0 Å². The Kier molecular flexibility index (Phi) is 8.95. The Balaban J connectivity index is 2.28. The molecule has 2 nitrogen and oxygen atoms in total. The molecule has 0 radical (unpaired) electrons. The number of hydrogen-bond acceptors (Lipinski definition) is 3. The molecule has 0 amide bonds. The van der Waals surface area contributed by atoms with E-state index in [2.05, 4.69) is 38.5 Å². The van der Waals surface area contributed by atoms with Crippen molar-refractivity contribution in [3.05, 3.63) is 16.3 Å².